The molecule has 8 heteroatoms. The number of nitriles is 1. The third-order valence-corrected chi connectivity index (χ3v) is 6.01. The minimum Gasteiger partial charge on any atom is -0.354 e. The Kier molecular flexibility index (Phi) is 3.33. The van der Waals surface area contributed by atoms with Gasteiger partial charge in [-0.05, 0) is 30.2 Å². The molecule has 0 saturated carbocycles. The molecule has 0 radical (unpaired) electrons. The first-order valence-electron chi connectivity index (χ1n) is 7.53. The molecule has 124 valence electrons. The number of pyridine rings is 2. The normalized spacial score (nSPS) is 14.8. The van der Waals surface area contributed by atoms with Crippen molar-refractivity contribution >= 4 is 32.1 Å². The van der Waals surface area contributed by atoms with Crippen LogP contribution in [0.1, 0.15) is 11.1 Å². The van der Waals surface area contributed by atoms with Gasteiger partial charge >= 0.3 is 0 Å². The van der Waals surface area contributed by atoms with Crippen LogP contribution in [0.3, 0.4) is 0 Å². The number of nitrogens with zero attached hydrogens (tertiary/aromatic N) is 2. The minimum absolute atomic E-state index is 0.0443. The van der Waals surface area contributed by atoms with Crippen LogP contribution in [0.4, 0.5) is 11.4 Å². The van der Waals surface area contributed by atoms with Crippen molar-refractivity contribution in [3.63, 3.8) is 0 Å². The largest absolute Gasteiger partial charge is 0.354 e. The van der Waals surface area contributed by atoms with E-state index in [0.29, 0.717) is 34.3 Å². The fraction of sp³-hybridized carbons (Fsp3) is 0.118. The highest BCUT2D eigenvalue weighted by Gasteiger charge is 2.29. The Morgan fingerprint density at radius 2 is 2.12 bits per heavy atom. The summed E-state index contributed by atoms with van der Waals surface area (Å²) in [6.45, 7) is 0. The Hall–Kier alpha value is -3.18. The monoisotopic (exact) mass is 352 g/mol. The molecule has 2 N–H and O–H groups in total. The van der Waals surface area contributed by atoms with E-state index in [1.54, 1.807) is 18.2 Å². The highest BCUT2D eigenvalue weighted by molar-refractivity contribution is 7.91. The molecule has 3 heterocycles. The molecule has 3 aromatic rings. The van der Waals surface area contributed by atoms with Crippen molar-refractivity contribution in [3.05, 3.63) is 58.1 Å². The maximum Gasteiger partial charge on any atom is 0.249 e. The number of aromatic amines is 1. The lowest BCUT2D eigenvalue weighted by molar-refractivity contribution is 0.600. The number of anilines is 2. The van der Waals surface area contributed by atoms with Crippen LogP contribution in [-0.4, -0.2) is 24.1 Å². The fourth-order valence-electron chi connectivity index (χ4n) is 3.10. The van der Waals surface area contributed by atoms with Crippen molar-refractivity contribution in [2.45, 2.75) is 11.3 Å². The molecule has 0 atom stereocenters. The molecular weight excluding hydrogens is 340 g/mol. The molecule has 25 heavy (non-hydrogen) atoms. The molecule has 0 amide bonds. The van der Waals surface area contributed by atoms with Crippen LogP contribution >= 0.6 is 0 Å². The SMILES string of the molecule is N#Cc1cnc2ccc3c(c2c1Nc1cc[nH]c(=O)c1)CCS3(=O)=O. The lowest BCUT2D eigenvalue weighted by Crippen LogP contribution is -2.05. The quantitative estimate of drug-likeness (QED) is 0.727. The Balaban J connectivity index is 2.03. The molecule has 0 bridgehead atoms. The Bertz CT molecular complexity index is 1220. The van der Waals surface area contributed by atoms with E-state index >= 15 is 0 Å². The number of sulfone groups is 1. The average Bonchev–Trinajstić information content (AvgIpc) is 2.90. The number of benzene rings is 1. The summed E-state index contributed by atoms with van der Waals surface area (Å²) in [6, 6.07) is 8.31. The lowest BCUT2D eigenvalue weighted by atomic mass is 10.0. The maximum atomic E-state index is 12.2. The van der Waals surface area contributed by atoms with Gasteiger partial charge in [-0.2, -0.15) is 5.26 Å². The van der Waals surface area contributed by atoms with E-state index in [9.17, 15) is 18.5 Å². The standard InChI is InChI=1S/C17H12N4O3S/c18-8-10-9-20-13-1-2-14-12(4-6-25(14,23)24)16(13)17(10)21-11-3-5-19-15(22)7-11/h1-3,5,7,9H,4,6H2,(H2,19,20,21,22). The Morgan fingerprint density at radius 3 is 2.88 bits per heavy atom. The second-order valence-corrected chi connectivity index (χ2v) is 7.81. The third-order valence-electron chi connectivity index (χ3n) is 4.22. The topological polar surface area (TPSA) is 116 Å². The summed E-state index contributed by atoms with van der Waals surface area (Å²) in [5.74, 6) is 0.0443. The van der Waals surface area contributed by atoms with Gasteiger partial charge in [0, 0.05) is 29.5 Å². The molecule has 0 aliphatic carbocycles. The molecule has 0 saturated heterocycles. The minimum atomic E-state index is -3.31. The zero-order chi connectivity index (χ0) is 17.6. The van der Waals surface area contributed by atoms with Gasteiger partial charge < -0.3 is 10.3 Å². The summed E-state index contributed by atoms with van der Waals surface area (Å²) in [5, 5.41) is 13.1. The summed E-state index contributed by atoms with van der Waals surface area (Å²) in [7, 11) is -3.31. The van der Waals surface area contributed by atoms with E-state index in [1.807, 2.05) is 0 Å². The first-order chi connectivity index (χ1) is 12.0. The van der Waals surface area contributed by atoms with Crippen molar-refractivity contribution in [1.29, 1.82) is 5.26 Å². The molecule has 1 aliphatic rings. The van der Waals surface area contributed by atoms with Gasteiger partial charge in [0.1, 0.15) is 6.07 Å². The van der Waals surface area contributed by atoms with E-state index in [0.717, 1.165) is 0 Å². The number of aryl methyl sites for hydroxylation is 1. The highest BCUT2D eigenvalue weighted by Crippen LogP contribution is 2.37. The molecule has 0 fully saturated rings. The summed E-state index contributed by atoms with van der Waals surface area (Å²) in [4.78, 5) is 18.6. The average molecular weight is 352 g/mol. The molecule has 4 rings (SSSR count). The second-order valence-electron chi connectivity index (χ2n) is 5.73. The van der Waals surface area contributed by atoms with Gasteiger partial charge in [-0.3, -0.25) is 9.78 Å². The molecule has 2 aromatic heterocycles. The van der Waals surface area contributed by atoms with E-state index in [4.69, 9.17) is 0 Å². The van der Waals surface area contributed by atoms with Gasteiger partial charge in [-0.15, -0.1) is 0 Å². The van der Waals surface area contributed by atoms with Crippen LogP contribution < -0.4 is 10.9 Å². The zero-order valence-electron chi connectivity index (χ0n) is 12.9. The van der Waals surface area contributed by atoms with Gasteiger partial charge in [-0.1, -0.05) is 0 Å². The van der Waals surface area contributed by atoms with E-state index < -0.39 is 9.84 Å². The predicted octanol–water partition coefficient (Wildman–Crippen LogP) is 1.87. The number of nitrogens with one attached hydrogen (secondary N) is 2. The summed E-state index contributed by atoms with van der Waals surface area (Å²) in [5.41, 5.74) is 2.23. The molecular formula is C17H12N4O3S. The van der Waals surface area contributed by atoms with Crippen LogP contribution in [-0.2, 0) is 16.3 Å². The number of rotatable bonds is 2. The Morgan fingerprint density at radius 1 is 1.28 bits per heavy atom. The van der Waals surface area contributed by atoms with Gasteiger partial charge in [0.2, 0.25) is 5.56 Å². The summed E-state index contributed by atoms with van der Waals surface area (Å²) in [6.07, 6.45) is 3.30. The zero-order valence-corrected chi connectivity index (χ0v) is 13.7. The lowest BCUT2D eigenvalue weighted by Gasteiger charge is -2.13. The number of hydrogen-bond donors (Lipinski definition) is 2. The van der Waals surface area contributed by atoms with Crippen molar-refractivity contribution in [3.8, 4) is 6.07 Å². The van der Waals surface area contributed by atoms with Crippen LogP contribution in [0.25, 0.3) is 10.9 Å². The Labute approximate surface area is 142 Å². The predicted molar refractivity (Wildman–Crippen MR) is 92.6 cm³/mol. The van der Waals surface area contributed by atoms with Gasteiger partial charge in [0.05, 0.1) is 27.4 Å². The molecule has 1 aliphatic heterocycles. The van der Waals surface area contributed by atoms with Crippen molar-refractivity contribution < 1.29 is 8.42 Å². The van der Waals surface area contributed by atoms with Gasteiger partial charge in [0.25, 0.3) is 0 Å². The van der Waals surface area contributed by atoms with Crippen LogP contribution in [0, 0.1) is 11.3 Å². The summed E-state index contributed by atoms with van der Waals surface area (Å²) < 4.78 is 24.4. The van der Waals surface area contributed by atoms with Crippen LogP contribution in [0.15, 0.2) is 46.3 Å². The first kappa shape index (κ1) is 15.4. The highest BCUT2D eigenvalue weighted by atomic mass is 32.2. The number of H-pyrrole nitrogens is 1. The maximum absolute atomic E-state index is 12.2. The third kappa shape index (κ3) is 2.45. The van der Waals surface area contributed by atoms with Gasteiger partial charge in [0.15, 0.2) is 9.84 Å². The first-order valence-corrected chi connectivity index (χ1v) is 9.18. The van der Waals surface area contributed by atoms with Crippen molar-refractivity contribution in [1.82, 2.24) is 9.97 Å². The van der Waals surface area contributed by atoms with Crippen LogP contribution in [0.5, 0.6) is 0 Å². The summed E-state index contributed by atoms with van der Waals surface area (Å²) >= 11 is 0. The second kappa shape index (κ2) is 5.43. The number of aromatic nitrogens is 2. The molecule has 0 unspecified atom stereocenters. The van der Waals surface area contributed by atoms with E-state index in [1.165, 1.54) is 18.5 Å². The van der Waals surface area contributed by atoms with Crippen molar-refractivity contribution in [2.75, 3.05) is 11.1 Å². The van der Waals surface area contributed by atoms with E-state index in [-0.39, 0.29) is 21.8 Å². The molecule has 1 aromatic carbocycles. The molecule has 0 spiro atoms. The van der Waals surface area contributed by atoms with Crippen molar-refractivity contribution in [2.24, 2.45) is 0 Å². The van der Waals surface area contributed by atoms with E-state index in [2.05, 4.69) is 21.4 Å². The van der Waals surface area contributed by atoms with Crippen LogP contribution in [0.2, 0.25) is 0 Å². The number of hydrogen-bond acceptors (Lipinski definition) is 6. The molecule has 7 nitrogen and oxygen atoms in total. The number of fused-ring (bicyclic) bond motifs is 3. The van der Waals surface area contributed by atoms with Gasteiger partial charge in [-0.25, -0.2) is 8.42 Å². The fourth-order valence-corrected chi connectivity index (χ4v) is 4.65. The smallest absolute Gasteiger partial charge is 0.249 e.